The van der Waals surface area contributed by atoms with E-state index < -0.39 is 0 Å². The van der Waals surface area contributed by atoms with Crippen LogP contribution in [0.1, 0.15) is 0 Å². The normalized spacial score (nSPS) is 9.36. The number of hydrogen-bond donors (Lipinski definition) is 2. The van der Waals surface area contributed by atoms with E-state index in [2.05, 4.69) is 10.6 Å². The Kier molecular flexibility index (Phi) is 3.59. The first-order valence-electron chi connectivity index (χ1n) is 3.99. The number of benzene rings is 1. The molecule has 0 unspecified atom stereocenters. The van der Waals surface area contributed by atoms with Crippen LogP contribution in [0, 0.1) is 0 Å². The van der Waals surface area contributed by atoms with E-state index in [0.29, 0.717) is 16.5 Å². The number of anilines is 1. The van der Waals surface area contributed by atoms with Crippen LogP contribution in [0.3, 0.4) is 0 Å². The fourth-order valence-corrected chi connectivity index (χ4v) is 1.20. The molecule has 0 aliphatic carbocycles. The van der Waals surface area contributed by atoms with E-state index in [1.807, 2.05) is 0 Å². The molecule has 0 fully saturated rings. The minimum Gasteiger partial charge on any atom is -0.495 e. The highest BCUT2D eigenvalue weighted by molar-refractivity contribution is 6.32. The second-order valence-corrected chi connectivity index (χ2v) is 2.96. The van der Waals surface area contributed by atoms with Crippen molar-refractivity contribution in [3.8, 4) is 5.75 Å². The van der Waals surface area contributed by atoms with E-state index in [9.17, 15) is 4.79 Å². The Bertz CT molecular complexity index is 342. The molecule has 4 nitrogen and oxygen atoms in total. The highest BCUT2D eigenvalue weighted by Crippen LogP contribution is 2.26. The van der Waals surface area contributed by atoms with Gasteiger partial charge >= 0.3 is 6.03 Å². The number of carbonyl (C=O) groups is 1. The van der Waals surface area contributed by atoms with Crippen LogP contribution in [-0.2, 0) is 0 Å². The van der Waals surface area contributed by atoms with Crippen molar-refractivity contribution in [2.24, 2.45) is 0 Å². The minimum atomic E-state index is -0.286. The molecular weight excluding hydrogens is 204 g/mol. The summed E-state index contributed by atoms with van der Waals surface area (Å²) >= 11 is 5.86. The predicted molar refractivity (Wildman–Crippen MR) is 56.1 cm³/mol. The molecule has 0 atom stereocenters. The second-order valence-electron chi connectivity index (χ2n) is 2.55. The van der Waals surface area contributed by atoms with E-state index in [1.54, 1.807) is 25.2 Å². The molecule has 5 heteroatoms. The van der Waals surface area contributed by atoms with E-state index in [4.69, 9.17) is 16.3 Å². The first-order chi connectivity index (χ1) is 6.67. The van der Waals surface area contributed by atoms with Gasteiger partial charge in [-0.25, -0.2) is 4.79 Å². The summed E-state index contributed by atoms with van der Waals surface area (Å²) in [4.78, 5) is 11.0. The fourth-order valence-electron chi connectivity index (χ4n) is 0.938. The Hall–Kier alpha value is -1.42. The van der Waals surface area contributed by atoms with E-state index >= 15 is 0 Å². The standard InChI is InChI=1S/C9H11ClN2O2/c1-11-9(13)12-6-3-4-8(14-2)7(10)5-6/h3-5H,1-2H3,(H2,11,12,13). The molecule has 1 rings (SSSR count). The molecule has 0 saturated heterocycles. The average molecular weight is 215 g/mol. The third kappa shape index (κ3) is 2.53. The van der Waals surface area contributed by atoms with Gasteiger partial charge < -0.3 is 15.4 Å². The highest BCUT2D eigenvalue weighted by Gasteiger charge is 2.03. The number of halogens is 1. The van der Waals surface area contributed by atoms with E-state index in [-0.39, 0.29) is 6.03 Å². The quantitative estimate of drug-likeness (QED) is 0.792. The molecule has 0 aromatic heterocycles. The summed E-state index contributed by atoms with van der Waals surface area (Å²) in [5.41, 5.74) is 0.621. The smallest absolute Gasteiger partial charge is 0.318 e. The van der Waals surface area contributed by atoms with Gasteiger partial charge in [0.05, 0.1) is 12.1 Å². The summed E-state index contributed by atoms with van der Waals surface area (Å²) in [7, 11) is 3.08. The summed E-state index contributed by atoms with van der Waals surface area (Å²) in [6, 6.07) is 4.73. The largest absolute Gasteiger partial charge is 0.495 e. The first kappa shape index (κ1) is 10.7. The molecule has 2 N–H and O–H groups in total. The number of rotatable bonds is 2. The molecule has 76 valence electrons. The number of carbonyl (C=O) groups excluding carboxylic acids is 1. The third-order valence-corrected chi connectivity index (χ3v) is 1.93. The lowest BCUT2D eigenvalue weighted by atomic mass is 10.3. The van der Waals surface area contributed by atoms with Crippen molar-refractivity contribution in [3.05, 3.63) is 23.2 Å². The summed E-state index contributed by atoms with van der Waals surface area (Å²) < 4.78 is 4.97. The molecule has 2 amide bonds. The molecule has 0 aliphatic heterocycles. The Morgan fingerprint density at radius 2 is 2.21 bits per heavy atom. The first-order valence-corrected chi connectivity index (χ1v) is 4.37. The van der Waals surface area contributed by atoms with Gasteiger partial charge in [-0.2, -0.15) is 0 Å². The van der Waals surface area contributed by atoms with Gasteiger partial charge in [-0.05, 0) is 18.2 Å². The van der Waals surface area contributed by atoms with Gasteiger partial charge in [-0.15, -0.1) is 0 Å². The van der Waals surface area contributed by atoms with E-state index in [1.165, 1.54) is 7.11 Å². The van der Waals surface area contributed by atoms with Crippen molar-refractivity contribution >= 4 is 23.3 Å². The minimum absolute atomic E-state index is 0.286. The molecule has 1 aromatic carbocycles. The zero-order chi connectivity index (χ0) is 10.6. The van der Waals surface area contributed by atoms with Gasteiger partial charge in [0.1, 0.15) is 5.75 Å². The van der Waals surface area contributed by atoms with Crippen molar-refractivity contribution in [2.45, 2.75) is 0 Å². The summed E-state index contributed by atoms with van der Waals surface area (Å²) in [5, 5.41) is 5.49. The number of hydrogen-bond acceptors (Lipinski definition) is 2. The summed E-state index contributed by atoms with van der Waals surface area (Å²) in [6.45, 7) is 0. The SMILES string of the molecule is CNC(=O)Nc1ccc(OC)c(Cl)c1. The van der Waals surface area contributed by atoms with Crippen LogP contribution in [0.2, 0.25) is 5.02 Å². The summed E-state index contributed by atoms with van der Waals surface area (Å²) in [5.74, 6) is 0.578. The van der Waals surface area contributed by atoms with Crippen LogP contribution in [0.4, 0.5) is 10.5 Å². The Balaban J connectivity index is 2.81. The van der Waals surface area contributed by atoms with Gasteiger partial charge in [0.2, 0.25) is 0 Å². The number of amides is 2. The van der Waals surface area contributed by atoms with Gasteiger partial charge in [0, 0.05) is 12.7 Å². The lowest BCUT2D eigenvalue weighted by molar-refractivity contribution is 0.254. The maximum atomic E-state index is 11.0. The average Bonchev–Trinajstić information content (AvgIpc) is 2.18. The zero-order valence-corrected chi connectivity index (χ0v) is 8.68. The lowest BCUT2D eigenvalue weighted by Crippen LogP contribution is -2.24. The lowest BCUT2D eigenvalue weighted by Gasteiger charge is -2.07. The molecule has 0 bridgehead atoms. The number of urea groups is 1. The number of methoxy groups -OCH3 is 1. The Morgan fingerprint density at radius 1 is 1.50 bits per heavy atom. The van der Waals surface area contributed by atoms with Crippen LogP contribution in [0.15, 0.2) is 18.2 Å². The second kappa shape index (κ2) is 4.72. The van der Waals surface area contributed by atoms with Gasteiger partial charge in [0.15, 0.2) is 0 Å². The van der Waals surface area contributed by atoms with Gasteiger partial charge in [-0.3, -0.25) is 0 Å². The Morgan fingerprint density at radius 3 is 2.71 bits per heavy atom. The predicted octanol–water partition coefficient (Wildman–Crippen LogP) is 2.10. The van der Waals surface area contributed by atoms with Crippen molar-refractivity contribution in [2.75, 3.05) is 19.5 Å². The van der Waals surface area contributed by atoms with Crippen LogP contribution in [0.25, 0.3) is 0 Å². The maximum absolute atomic E-state index is 11.0. The molecule has 14 heavy (non-hydrogen) atoms. The molecule has 0 heterocycles. The monoisotopic (exact) mass is 214 g/mol. The molecule has 0 saturated carbocycles. The third-order valence-electron chi connectivity index (χ3n) is 1.64. The van der Waals surface area contributed by atoms with Crippen molar-refractivity contribution in [1.29, 1.82) is 0 Å². The van der Waals surface area contributed by atoms with Crippen molar-refractivity contribution in [3.63, 3.8) is 0 Å². The van der Waals surface area contributed by atoms with Crippen molar-refractivity contribution in [1.82, 2.24) is 5.32 Å². The van der Waals surface area contributed by atoms with Crippen molar-refractivity contribution < 1.29 is 9.53 Å². The molecule has 1 aromatic rings. The highest BCUT2D eigenvalue weighted by atomic mass is 35.5. The van der Waals surface area contributed by atoms with Gasteiger partial charge in [-0.1, -0.05) is 11.6 Å². The molecule has 0 spiro atoms. The number of nitrogens with one attached hydrogen (secondary N) is 2. The maximum Gasteiger partial charge on any atom is 0.318 e. The number of ether oxygens (including phenoxy) is 1. The van der Waals surface area contributed by atoms with Gasteiger partial charge in [0.25, 0.3) is 0 Å². The Labute approximate surface area is 87.2 Å². The van der Waals surface area contributed by atoms with E-state index in [0.717, 1.165) is 0 Å². The van der Waals surface area contributed by atoms with Crippen LogP contribution >= 0.6 is 11.6 Å². The topological polar surface area (TPSA) is 50.4 Å². The molecular formula is C9H11ClN2O2. The summed E-state index contributed by atoms with van der Waals surface area (Å²) in [6.07, 6.45) is 0. The van der Waals surface area contributed by atoms with Crippen LogP contribution in [0.5, 0.6) is 5.75 Å². The molecule has 0 radical (unpaired) electrons. The fraction of sp³-hybridized carbons (Fsp3) is 0.222. The molecule has 0 aliphatic rings. The zero-order valence-electron chi connectivity index (χ0n) is 7.93. The van der Waals surface area contributed by atoms with Crippen LogP contribution < -0.4 is 15.4 Å². The van der Waals surface area contributed by atoms with Crippen LogP contribution in [-0.4, -0.2) is 20.2 Å².